The SMILES string of the molecule is CC1CCN(C(=O)c2ccc(Nc3cc(-c4ccccc4)ncn3)cc2)CC1. The summed E-state index contributed by atoms with van der Waals surface area (Å²) in [6.45, 7) is 3.95. The maximum atomic E-state index is 12.7. The Morgan fingerprint density at radius 3 is 2.43 bits per heavy atom. The zero-order chi connectivity index (χ0) is 19.3. The number of hydrogen-bond donors (Lipinski definition) is 1. The highest BCUT2D eigenvalue weighted by atomic mass is 16.2. The summed E-state index contributed by atoms with van der Waals surface area (Å²) in [5.74, 6) is 1.55. The Balaban J connectivity index is 1.44. The standard InChI is InChI=1S/C23H24N4O/c1-17-11-13-27(14-12-17)23(28)19-7-9-20(10-8-19)26-22-15-21(24-16-25-22)18-5-3-2-4-6-18/h2-10,15-17H,11-14H2,1H3,(H,24,25,26). The monoisotopic (exact) mass is 372 g/mol. The number of carbonyl (C=O) groups excluding carboxylic acids is 1. The zero-order valence-corrected chi connectivity index (χ0v) is 16.0. The first kappa shape index (κ1) is 18.2. The minimum atomic E-state index is 0.117. The van der Waals surface area contributed by atoms with Gasteiger partial charge in [-0.05, 0) is 43.0 Å². The molecule has 0 spiro atoms. The van der Waals surface area contributed by atoms with Crippen LogP contribution in [0.1, 0.15) is 30.1 Å². The van der Waals surface area contributed by atoms with Crippen LogP contribution >= 0.6 is 0 Å². The van der Waals surface area contributed by atoms with E-state index in [1.165, 1.54) is 0 Å². The minimum absolute atomic E-state index is 0.117. The lowest BCUT2D eigenvalue weighted by molar-refractivity contribution is 0.0697. The van der Waals surface area contributed by atoms with Crippen molar-refractivity contribution in [3.63, 3.8) is 0 Å². The molecule has 1 N–H and O–H groups in total. The lowest BCUT2D eigenvalue weighted by Gasteiger charge is -2.30. The summed E-state index contributed by atoms with van der Waals surface area (Å²) in [5.41, 5.74) is 3.53. The van der Waals surface area contributed by atoms with E-state index in [9.17, 15) is 4.79 Å². The largest absolute Gasteiger partial charge is 0.340 e. The molecule has 1 fully saturated rings. The summed E-state index contributed by atoms with van der Waals surface area (Å²) >= 11 is 0. The van der Waals surface area contributed by atoms with Crippen LogP contribution in [-0.2, 0) is 0 Å². The average molecular weight is 372 g/mol. The molecule has 5 heteroatoms. The molecule has 2 aromatic carbocycles. The molecule has 1 aliphatic rings. The molecule has 0 bridgehead atoms. The number of rotatable bonds is 4. The third-order valence-electron chi connectivity index (χ3n) is 5.21. The van der Waals surface area contributed by atoms with Gasteiger partial charge in [0.1, 0.15) is 12.1 Å². The van der Waals surface area contributed by atoms with Crippen LogP contribution in [0.5, 0.6) is 0 Å². The predicted molar refractivity (Wildman–Crippen MR) is 111 cm³/mol. The molecule has 2 heterocycles. The van der Waals surface area contributed by atoms with Crippen LogP contribution < -0.4 is 5.32 Å². The number of piperidine rings is 1. The van der Waals surface area contributed by atoms with Gasteiger partial charge in [0, 0.05) is 36.0 Å². The van der Waals surface area contributed by atoms with Gasteiger partial charge in [-0.3, -0.25) is 4.79 Å². The van der Waals surface area contributed by atoms with Gasteiger partial charge in [-0.15, -0.1) is 0 Å². The molecule has 1 aliphatic heterocycles. The van der Waals surface area contributed by atoms with E-state index in [1.807, 2.05) is 65.6 Å². The van der Waals surface area contributed by atoms with Gasteiger partial charge in [-0.2, -0.15) is 0 Å². The molecular weight excluding hydrogens is 348 g/mol. The third kappa shape index (κ3) is 4.19. The number of hydrogen-bond acceptors (Lipinski definition) is 4. The molecule has 1 saturated heterocycles. The second-order valence-corrected chi connectivity index (χ2v) is 7.33. The van der Waals surface area contributed by atoms with E-state index in [1.54, 1.807) is 6.33 Å². The van der Waals surface area contributed by atoms with E-state index in [4.69, 9.17) is 0 Å². The zero-order valence-electron chi connectivity index (χ0n) is 16.0. The van der Waals surface area contributed by atoms with Gasteiger partial charge in [0.05, 0.1) is 5.69 Å². The Labute approximate surface area is 165 Å². The van der Waals surface area contributed by atoms with E-state index in [-0.39, 0.29) is 5.91 Å². The number of benzene rings is 2. The first-order chi connectivity index (χ1) is 13.7. The quantitative estimate of drug-likeness (QED) is 0.717. The first-order valence-electron chi connectivity index (χ1n) is 9.73. The molecule has 0 aliphatic carbocycles. The average Bonchev–Trinajstić information content (AvgIpc) is 2.75. The first-order valence-corrected chi connectivity index (χ1v) is 9.73. The fourth-order valence-electron chi connectivity index (χ4n) is 3.43. The highest BCUT2D eigenvalue weighted by molar-refractivity contribution is 5.94. The number of likely N-dealkylation sites (tertiary alicyclic amines) is 1. The number of nitrogens with one attached hydrogen (secondary N) is 1. The Morgan fingerprint density at radius 2 is 1.71 bits per heavy atom. The van der Waals surface area contributed by atoms with Gasteiger partial charge in [0.15, 0.2) is 0 Å². The van der Waals surface area contributed by atoms with Gasteiger partial charge in [-0.1, -0.05) is 37.3 Å². The topological polar surface area (TPSA) is 58.1 Å². The highest BCUT2D eigenvalue weighted by Gasteiger charge is 2.21. The molecule has 5 nitrogen and oxygen atoms in total. The van der Waals surface area contributed by atoms with Crippen LogP contribution in [0.2, 0.25) is 0 Å². The molecule has 142 valence electrons. The van der Waals surface area contributed by atoms with Crippen molar-refractivity contribution in [2.24, 2.45) is 5.92 Å². The van der Waals surface area contributed by atoms with E-state index < -0.39 is 0 Å². The molecule has 0 unspecified atom stereocenters. The summed E-state index contributed by atoms with van der Waals surface area (Å²) in [5, 5.41) is 3.29. The van der Waals surface area contributed by atoms with Crippen molar-refractivity contribution in [3.05, 3.63) is 72.6 Å². The van der Waals surface area contributed by atoms with E-state index in [0.717, 1.165) is 54.3 Å². The Kier molecular flexibility index (Phi) is 5.33. The molecule has 28 heavy (non-hydrogen) atoms. The molecule has 0 atom stereocenters. The second-order valence-electron chi connectivity index (χ2n) is 7.33. The lowest BCUT2D eigenvalue weighted by Crippen LogP contribution is -2.37. The summed E-state index contributed by atoms with van der Waals surface area (Å²) in [7, 11) is 0. The Hall–Kier alpha value is -3.21. The van der Waals surface area contributed by atoms with Crippen molar-refractivity contribution in [3.8, 4) is 11.3 Å². The van der Waals surface area contributed by atoms with Crippen molar-refractivity contribution in [2.45, 2.75) is 19.8 Å². The number of carbonyl (C=O) groups is 1. The summed E-state index contributed by atoms with van der Waals surface area (Å²) in [6.07, 6.45) is 3.73. The number of aromatic nitrogens is 2. The predicted octanol–water partition coefficient (Wildman–Crippen LogP) is 4.76. The number of nitrogens with zero attached hydrogens (tertiary/aromatic N) is 3. The van der Waals surface area contributed by atoms with Gasteiger partial charge in [-0.25, -0.2) is 9.97 Å². The molecule has 3 aromatic rings. The lowest BCUT2D eigenvalue weighted by atomic mass is 9.98. The highest BCUT2D eigenvalue weighted by Crippen LogP contribution is 2.22. The fourth-order valence-corrected chi connectivity index (χ4v) is 3.43. The Morgan fingerprint density at radius 1 is 1.00 bits per heavy atom. The third-order valence-corrected chi connectivity index (χ3v) is 5.21. The molecule has 1 aromatic heterocycles. The summed E-state index contributed by atoms with van der Waals surface area (Å²) in [4.78, 5) is 23.3. The van der Waals surface area contributed by atoms with Crippen molar-refractivity contribution in [1.82, 2.24) is 14.9 Å². The van der Waals surface area contributed by atoms with Crippen LogP contribution in [0.4, 0.5) is 11.5 Å². The number of anilines is 2. The van der Waals surface area contributed by atoms with Crippen LogP contribution in [-0.4, -0.2) is 33.9 Å². The van der Waals surface area contributed by atoms with Crippen molar-refractivity contribution in [2.75, 3.05) is 18.4 Å². The maximum Gasteiger partial charge on any atom is 0.253 e. The van der Waals surface area contributed by atoms with Gasteiger partial charge >= 0.3 is 0 Å². The van der Waals surface area contributed by atoms with Crippen LogP contribution in [0.25, 0.3) is 11.3 Å². The van der Waals surface area contributed by atoms with Crippen molar-refractivity contribution >= 4 is 17.4 Å². The second kappa shape index (κ2) is 8.21. The molecular formula is C23H24N4O. The summed E-state index contributed by atoms with van der Waals surface area (Å²) < 4.78 is 0. The van der Waals surface area contributed by atoms with Crippen molar-refractivity contribution < 1.29 is 4.79 Å². The van der Waals surface area contributed by atoms with Crippen LogP contribution in [0, 0.1) is 5.92 Å². The van der Waals surface area contributed by atoms with E-state index in [0.29, 0.717) is 5.92 Å². The van der Waals surface area contributed by atoms with Crippen LogP contribution in [0.3, 0.4) is 0 Å². The van der Waals surface area contributed by atoms with Gasteiger partial charge in [0.25, 0.3) is 5.91 Å². The molecule has 1 amide bonds. The minimum Gasteiger partial charge on any atom is -0.340 e. The van der Waals surface area contributed by atoms with Crippen LogP contribution in [0.15, 0.2) is 67.0 Å². The molecule has 0 saturated carbocycles. The fraction of sp³-hybridized carbons (Fsp3) is 0.261. The molecule has 0 radical (unpaired) electrons. The van der Waals surface area contributed by atoms with E-state index in [2.05, 4.69) is 22.2 Å². The normalized spacial score (nSPS) is 14.7. The van der Waals surface area contributed by atoms with Gasteiger partial charge < -0.3 is 10.2 Å². The number of amides is 1. The van der Waals surface area contributed by atoms with Crippen molar-refractivity contribution in [1.29, 1.82) is 0 Å². The van der Waals surface area contributed by atoms with Gasteiger partial charge in [0.2, 0.25) is 0 Å². The van der Waals surface area contributed by atoms with E-state index >= 15 is 0 Å². The Bertz CT molecular complexity index is 932. The smallest absolute Gasteiger partial charge is 0.253 e. The summed E-state index contributed by atoms with van der Waals surface area (Å²) in [6, 6.07) is 19.5. The maximum absolute atomic E-state index is 12.7. The molecule has 4 rings (SSSR count).